The molecule has 1 saturated carbocycles. The van der Waals surface area contributed by atoms with Gasteiger partial charge in [-0.1, -0.05) is 38.7 Å². The molecule has 0 aromatic carbocycles. The fourth-order valence-corrected chi connectivity index (χ4v) is 2.79. The summed E-state index contributed by atoms with van der Waals surface area (Å²) in [4.78, 5) is 4.54. The normalized spacial score (nSPS) is 23.9. The largest absolute Gasteiger partial charge is 0.478 e. The van der Waals surface area contributed by atoms with E-state index < -0.39 is 0 Å². The fraction of sp³-hybridized carbons (Fsp3) is 0.688. The topological polar surface area (TPSA) is 22.1 Å². The molecule has 0 unspecified atom stereocenters. The predicted molar refractivity (Wildman–Crippen MR) is 74.8 cm³/mol. The van der Waals surface area contributed by atoms with Crippen molar-refractivity contribution in [3.63, 3.8) is 0 Å². The van der Waals surface area contributed by atoms with Gasteiger partial charge in [-0.3, -0.25) is 0 Å². The Morgan fingerprint density at radius 3 is 2.72 bits per heavy atom. The fourth-order valence-electron chi connectivity index (χ4n) is 2.79. The van der Waals surface area contributed by atoms with Crippen LogP contribution in [0.4, 0.5) is 0 Å². The molecular formula is C16H25NO. The summed E-state index contributed by atoms with van der Waals surface area (Å²) >= 11 is 0. The zero-order chi connectivity index (χ0) is 12.8. The molecule has 1 aliphatic rings. The highest BCUT2D eigenvalue weighted by molar-refractivity contribution is 5.15. The summed E-state index contributed by atoms with van der Waals surface area (Å²) < 4.78 is 5.44. The summed E-state index contributed by atoms with van der Waals surface area (Å²) in [7, 11) is 0. The number of rotatable bonds is 5. The highest BCUT2D eigenvalue weighted by Crippen LogP contribution is 2.31. The molecule has 0 bridgehead atoms. The Morgan fingerprint density at radius 2 is 2.00 bits per heavy atom. The van der Waals surface area contributed by atoms with Crippen LogP contribution in [0.5, 0.6) is 5.88 Å². The van der Waals surface area contributed by atoms with E-state index in [0.717, 1.165) is 24.1 Å². The lowest BCUT2D eigenvalue weighted by Crippen LogP contribution is -2.13. The Bertz CT molecular complexity index is 356. The molecule has 0 saturated heterocycles. The summed E-state index contributed by atoms with van der Waals surface area (Å²) in [6, 6.07) is 6.11. The molecule has 100 valence electrons. The van der Waals surface area contributed by atoms with E-state index in [1.165, 1.54) is 37.8 Å². The first-order chi connectivity index (χ1) is 8.78. The smallest absolute Gasteiger partial charge is 0.213 e. The molecule has 0 aliphatic heterocycles. The van der Waals surface area contributed by atoms with Gasteiger partial charge in [0.05, 0.1) is 6.61 Å². The van der Waals surface area contributed by atoms with E-state index in [0.29, 0.717) is 6.61 Å². The molecule has 0 N–H and O–H groups in total. The number of ether oxygens (including phenoxy) is 1. The van der Waals surface area contributed by atoms with Gasteiger partial charge < -0.3 is 4.74 Å². The summed E-state index contributed by atoms with van der Waals surface area (Å²) in [5, 5.41) is 0. The van der Waals surface area contributed by atoms with Crippen molar-refractivity contribution in [3.8, 4) is 5.88 Å². The van der Waals surface area contributed by atoms with E-state index in [4.69, 9.17) is 4.74 Å². The van der Waals surface area contributed by atoms with Crippen LogP contribution < -0.4 is 4.74 Å². The molecule has 1 heterocycles. The van der Waals surface area contributed by atoms with Crippen LogP contribution in [0.1, 0.15) is 51.6 Å². The van der Waals surface area contributed by atoms with Crippen molar-refractivity contribution in [1.82, 2.24) is 4.98 Å². The first-order valence-electron chi connectivity index (χ1n) is 7.36. The number of aryl methyl sites for hydroxylation is 1. The lowest BCUT2D eigenvalue weighted by Gasteiger charge is -2.25. The predicted octanol–water partition coefficient (Wildman–Crippen LogP) is 4.24. The molecular weight excluding hydrogens is 222 g/mol. The molecule has 0 spiro atoms. The highest BCUT2D eigenvalue weighted by atomic mass is 16.5. The Kier molecular flexibility index (Phi) is 5.03. The van der Waals surface area contributed by atoms with Crippen LogP contribution in [0.2, 0.25) is 0 Å². The van der Waals surface area contributed by atoms with Gasteiger partial charge >= 0.3 is 0 Å². The SMILES string of the molecule is CCOc1cccc(CCC2CCC(C)CC2)n1. The van der Waals surface area contributed by atoms with Gasteiger partial charge in [0, 0.05) is 11.8 Å². The average molecular weight is 247 g/mol. The van der Waals surface area contributed by atoms with Gasteiger partial charge in [0.1, 0.15) is 0 Å². The molecule has 1 fully saturated rings. The Balaban J connectivity index is 1.80. The van der Waals surface area contributed by atoms with Crippen molar-refractivity contribution in [2.75, 3.05) is 6.61 Å². The maximum absolute atomic E-state index is 5.44. The van der Waals surface area contributed by atoms with E-state index in [1.807, 2.05) is 13.0 Å². The zero-order valence-electron chi connectivity index (χ0n) is 11.7. The molecule has 2 rings (SSSR count). The van der Waals surface area contributed by atoms with Gasteiger partial charge in [0.15, 0.2) is 0 Å². The van der Waals surface area contributed by atoms with Gasteiger partial charge in [-0.25, -0.2) is 4.98 Å². The third kappa shape index (κ3) is 4.01. The minimum atomic E-state index is 0.691. The quantitative estimate of drug-likeness (QED) is 0.776. The van der Waals surface area contributed by atoms with Crippen LogP contribution >= 0.6 is 0 Å². The van der Waals surface area contributed by atoms with Gasteiger partial charge in [-0.05, 0) is 37.7 Å². The van der Waals surface area contributed by atoms with Gasteiger partial charge in [-0.2, -0.15) is 0 Å². The van der Waals surface area contributed by atoms with Crippen LogP contribution in [0.25, 0.3) is 0 Å². The first-order valence-corrected chi connectivity index (χ1v) is 7.36. The Hall–Kier alpha value is -1.05. The van der Waals surface area contributed by atoms with Crippen LogP contribution in [0.15, 0.2) is 18.2 Å². The summed E-state index contributed by atoms with van der Waals surface area (Å²) in [6.07, 6.45) is 8.03. The highest BCUT2D eigenvalue weighted by Gasteiger charge is 2.17. The van der Waals surface area contributed by atoms with Crippen LogP contribution in [-0.4, -0.2) is 11.6 Å². The monoisotopic (exact) mass is 247 g/mol. The van der Waals surface area contributed by atoms with Crippen LogP contribution in [0.3, 0.4) is 0 Å². The standard InChI is InChI=1S/C16H25NO/c1-3-18-16-6-4-5-15(17-16)12-11-14-9-7-13(2)8-10-14/h4-6,13-14H,3,7-12H2,1-2H3. The van der Waals surface area contributed by atoms with E-state index >= 15 is 0 Å². The number of hydrogen-bond donors (Lipinski definition) is 0. The maximum Gasteiger partial charge on any atom is 0.213 e. The second-order valence-electron chi connectivity index (χ2n) is 5.56. The van der Waals surface area contributed by atoms with Crippen molar-refractivity contribution in [2.24, 2.45) is 11.8 Å². The number of aromatic nitrogens is 1. The Labute approximate surface area is 111 Å². The molecule has 0 atom stereocenters. The van der Waals surface area contributed by atoms with Gasteiger partial charge in [0.2, 0.25) is 5.88 Å². The second-order valence-corrected chi connectivity index (χ2v) is 5.56. The molecule has 18 heavy (non-hydrogen) atoms. The zero-order valence-corrected chi connectivity index (χ0v) is 11.7. The van der Waals surface area contributed by atoms with Crippen molar-refractivity contribution >= 4 is 0 Å². The summed E-state index contributed by atoms with van der Waals surface area (Å²) in [6.45, 7) is 5.07. The van der Waals surface area contributed by atoms with Crippen LogP contribution in [-0.2, 0) is 6.42 Å². The molecule has 1 aromatic rings. The third-order valence-electron chi connectivity index (χ3n) is 4.02. The van der Waals surface area contributed by atoms with Crippen molar-refractivity contribution in [1.29, 1.82) is 0 Å². The minimum absolute atomic E-state index is 0.691. The van der Waals surface area contributed by atoms with Gasteiger partial charge in [-0.15, -0.1) is 0 Å². The number of hydrogen-bond acceptors (Lipinski definition) is 2. The van der Waals surface area contributed by atoms with Crippen molar-refractivity contribution in [3.05, 3.63) is 23.9 Å². The molecule has 0 amide bonds. The lowest BCUT2D eigenvalue weighted by molar-refractivity contribution is 0.276. The average Bonchev–Trinajstić information content (AvgIpc) is 2.39. The lowest BCUT2D eigenvalue weighted by atomic mass is 9.81. The van der Waals surface area contributed by atoms with Crippen LogP contribution in [0, 0.1) is 11.8 Å². The molecule has 1 aromatic heterocycles. The van der Waals surface area contributed by atoms with Gasteiger partial charge in [0.25, 0.3) is 0 Å². The molecule has 0 radical (unpaired) electrons. The second kappa shape index (κ2) is 6.77. The molecule has 2 nitrogen and oxygen atoms in total. The van der Waals surface area contributed by atoms with Crippen molar-refractivity contribution < 1.29 is 4.74 Å². The minimum Gasteiger partial charge on any atom is -0.478 e. The summed E-state index contributed by atoms with van der Waals surface area (Å²) in [5.74, 6) is 2.63. The number of pyridine rings is 1. The van der Waals surface area contributed by atoms with Crippen molar-refractivity contribution in [2.45, 2.75) is 52.4 Å². The summed E-state index contributed by atoms with van der Waals surface area (Å²) in [5.41, 5.74) is 1.18. The molecule has 1 aliphatic carbocycles. The first kappa shape index (κ1) is 13.4. The third-order valence-corrected chi connectivity index (χ3v) is 4.02. The Morgan fingerprint density at radius 1 is 1.22 bits per heavy atom. The number of nitrogens with zero attached hydrogens (tertiary/aromatic N) is 1. The van der Waals surface area contributed by atoms with E-state index in [2.05, 4.69) is 24.0 Å². The van der Waals surface area contributed by atoms with E-state index in [9.17, 15) is 0 Å². The maximum atomic E-state index is 5.44. The van der Waals surface area contributed by atoms with E-state index in [1.54, 1.807) is 0 Å². The van der Waals surface area contributed by atoms with E-state index in [-0.39, 0.29) is 0 Å². The molecule has 2 heteroatoms.